The molecule has 7 nitrogen and oxygen atoms in total. The number of hydrogen-bond acceptors (Lipinski definition) is 4. The number of nitrogens with one attached hydrogen (secondary N) is 2. The molecule has 0 atom stereocenters. The van der Waals surface area contributed by atoms with E-state index in [0.29, 0.717) is 29.1 Å². The Kier molecular flexibility index (Phi) is 8.06. The van der Waals surface area contributed by atoms with Crippen LogP contribution in [0.25, 0.3) is 11.3 Å². The number of aromatic nitrogens is 2. The van der Waals surface area contributed by atoms with Crippen molar-refractivity contribution in [3.8, 4) is 17.0 Å². The van der Waals surface area contributed by atoms with Gasteiger partial charge in [-0.3, -0.25) is 4.79 Å². The molecule has 0 radical (unpaired) electrons. The highest BCUT2D eigenvalue weighted by Gasteiger charge is 2.26. The molecule has 1 aliphatic carbocycles. The van der Waals surface area contributed by atoms with Gasteiger partial charge in [-0.25, -0.2) is 4.79 Å². The minimum Gasteiger partial charge on any atom is -0.507 e. The number of carbonyl (C=O) groups excluding carboxylic acids is 2. The highest BCUT2D eigenvalue weighted by molar-refractivity contribution is 6.04. The van der Waals surface area contributed by atoms with Gasteiger partial charge in [0.2, 0.25) is 0 Å². The molecule has 4 aromatic rings. The van der Waals surface area contributed by atoms with Crippen LogP contribution in [0.1, 0.15) is 65.7 Å². The van der Waals surface area contributed by atoms with Gasteiger partial charge in [-0.05, 0) is 67.1 Å². The summed E-state index contributed by atoms with van der Waals surface area (Å²) in [6.45, 7) is 2.57. The molecule has 0 bridgehead atoms. The molecule has 3 N–H and O–H groups in total. The van der Waals surface area contributed by atoms with Gasteiger partial charge in [-0.15, -0.1) is 0 Å². The summed E-state index contributed by atoms with van der Waals surface area (Å²) in [4.78, 5) is 25.8. The zero-order valence-corrected chi connectivity index (χ0v) is 22.2. The summed E-state index contributed by atoms with van der Waals surface area (Å²) in [5.41, 5.74) is 5.26. The van der Waals surface area contributed by atoms with E-state index in [-0.39, 0.29) is 23.6 Å². The molecule has 1 heterocycles. The lowest BCUT2D eigenvalue weighted by Crippen LogP contribution is -2.32. The number of anilines is 1. The fourth-order valence-electron chi connectivity index (χ4n) is 5.16. The molecule has 200 valence electrons. The van der Waals surface area contributed by atoms with Crippen LogP contribution in [-0.2, 0) is 12.8 Å². The molecule has 0 saturated heterocycles. The molecule has 39 heavy (non-hydrogen) atoms. The van der Waals surface area contributed by atoms with E-state index in [2.05, 4.69) is 22.7 Å². The van der Waals surface area contributed by atoms with Crippen molar-refractivity contribution < 1.29 is 14.7 Å². The van der Waals surface area contributed by atoms with E-state index >= 15 is 0 Å². The van der Waals surface area contributed by atoms with Crippen molar-refractivity contribution in [3.63, 3.8) is 0 Å². The summed E-state index contributed by atoms with van der Waals surface area (Å²) in [7, 11) is 0. The number of benzene rings is 3. The Balaban J connectivity index is 1.33. The number of aromatic hydroxyl groups is 1. The number of phenolic OH excluding ortho intramolecular Hbond substituents is 1. The molecule has 5 rings (SSSR count). The first-order chi connectivity index (χ1) is 19.0. The normalized spacial score (nSPS) is 13.4. The quantitative estimate of drug-likeness (QED) is 0.245. The lowest BCUT2D eigenvalue weighted by atomic mass is 10.0. The summed E-state index contributed by atoms with van der Waals surface area (Å²) in [5.74, 6) is -0.00284. The molecule has 1 saturated carbocycles. The topological polar surface area (TPSA) is 96.3 Å². The van der Waals surface area contributed by atoms with Crippen LogP contribution in [0.5, 0.6) is 5.75 Å². The maximum atomic E-state index is 13.2. The first-order valence-corrected chi connectivity index (χ1v) is 13.7. The first kappa shape index (κ1) is 26.2. The summed E-state index contributed by atoms with van der Waals surface area (Å²) in [6, 6.07) is 24.1. The summed E-state index contributed by atoms with van der Waals surface area (Å²) < 4.78 is 1.46. The van der Waals surface area contributed by atoms with Gasteiger partial charge in [-0.2, -0.15) is 9.78 Å². The third kappa shape index (κ3) is 6.20. The van der Waals surface area contributed by atoms with Crippen LogP contribution in [0.15, 0.2) is 78.9 Å². The Bertz CT molecular complexity index is 1440. The zero-order chi connectivity index (χ0) is 27.2. The lowest BCUT2D eigenvalue weighted by Gasteiger charge is -2.12. The van der Waals surface area contributed by atoms with Crippen molar-refractivity contribution in [1.82, 2.24) is 15.1 Å². The maximum Gasteiger partial charge on any atom is 0.342 e. The van der Waals surface area contributed by atoms with Crippen LogP contribution in [0, 0.1) is 0 Å². The van der Waals surface area contributed by atoms with Crippen molar-refractivity contribution in [1.29, 1.82) is 0 Å². The Morgan fingerprint density at radius 1 is 0.949 bits per heavy atom. The molecule has 1 fully saturated rings. The van der Waals surface area contributed by atoms with Gasteiger partial charge in [-0.1, -0.05) is 62.2 Å². The Labute approximate surface area is 228 Å². The highest BCUT2D eigenvalue weighted by atomic mass is 16.3. The highest BCUT2D eigenvalue weighted by Crippen LogP contribution is 2.38. The van der Waals surface area contributed by atoms with E-state index in [4.69, 9.17) is 0 Å². The van der Waals surface area contributed by atoms with Gasteiger partial charge in [0.15, 0.2) is 0 Å². The predicted octanol–water partition coefficient (Wildman–Crippen LogP) is 6.53. The summed E-state index contributed by atoms with van der Waals surface area (Å²) in [6.07, 6.45) is 5.92. The van der Waals surface area contributed by atoms with E-state index in [1.807, 2.05) is 48.5 Å². The number of rotatable bonds is 8. The number of nitrogens with zero attached hydrogens (tertiary/aromatic N) is 2. The molecule has 2 amide bonds. The standard InChI is InChI=1S/C32H34N4O3/c1-2-22-12-14-25(15-13-22)31(38)34-26-16-17-27(30(37)20-26)28-21-29(24-10-6-7-11-24)36(35-28)32(39)33-19-18-23-8-4-3-5-9-23/h3-5,8-9,12-17,20-21,24,37H,2,6-7,10-11,18-19H2,1H3,(H,33,39)(H,34,38). The van der Waals surface area contributed by atoms with Crippen LogP contribution >= 0.6 is 0 Å². The largest absolute Gasteiger partial charge is 0.507 e. The van der Waals surface area contributed by atoms with Gasteiger partial charge >= 0.3 is 6.03 Å². The predicted molar refractivity (Wildman–Crippen MR) is 153 cm³/mol. The van der Waals surface area contributed by atoms with E-state index in [1.54, 1.807) is 24.3 Å². The minimum atomic E-state index is -0.267. The lowest BCUT2D eigenvalue weighted by molar-refractivity contribution is 0.102. The van der Waals surface area contributed by atoms with Crippen LogP contribution in [0.2, 0.25) is 0 Å². The van der Waals surface area contributed by atoms with Gasteiger partial charge < -0.3 is 15.7 Å². The van der Waals surface area contributed by atoms with Crippen LogP contribution in [-0.4, -0.2) is 33.4 Å². The van der Waals surface area contributed by atoms with Gasteiger partial charge in [0.05, 0.1) is 11.4 Å². The zero-order valence-electron chi connectivity index (χ0n) is 22.2. The van der Waals surface area contributed by atoms with Crippen molar-refractivity contribution >= 4 is 17.6 Å². The van der Waals surface area contributed by atoms with E-state index < -0.39 is 0 Å². The summed E-state index contributed by atoms with van der Waals surface area (Å²) >= 11 is 0. The van der Waals surface area contributed by atoms with Crippen molar-refractivity contribution in [2.24, 2.45) is 0 Å². The number of phenols is 1. The second-order valence-electron chi connectivity index (χ2n) is 10.1. The summed E-state index contributed by atoms with van der Waals surface area (Å²) in [5, 5.41) is 21.3. The maximum absolute atomic E-state index is 13.2. The van der Waals surface area contributed by atoms with Gasteiger partial charge in [0.25, 0.3) is 5.91 Å². The van der Waals surface area contributed by atoms with Crippen molar-refractivity contribution in [2.45, 2.75) is 51.4 Å². The smallest absolute Gasteiger partial charge is 0.342 e. The molecular weight excluding hydrogens is 488 g/mol. The number of carbonyl (C=O) groups is 2. The molecule has 7 heteroatoms. The molecule has 0 aliphatic heterocycles. The monoisotopic (exact) mass is 522 g/mol. The molecule has 3 aromatic carbocycles. The molecular formula is C32H34N4O3. The first-order valence-electron chi connectivity index (χ1n) is 13.7. The fraction of sp³-hybridized carbons (Fsp3) is 0.281. The second-order valence-corrected chi connectivity index (χ2v) is 10.1. The van der Waals surface area contributed by atoms with Crippen molar-refractivity contribution in [2.75, 3.05) is 11.9 Å². The number of aryl methyl sites for hydroxylation is 1. The molecule has 0 unspecified atom stereocenters. The third-order valence-electron chi connectivity index (χ3n) is 7.39. The second kappa shape index (κ2) is 12.0. The molecule has 1 aliphatic rings. The van der Waals surface area contributed by atoms with Gasteiger partial charge in [0.1, 0.15) is 5.75 Å². The third-order valence-corrected chi connectivity index (χ3v) is 7.39. The fourth-order valence-corrected chi connectivity index (χ4v) is 5.16. The van der Waals surface area contributed by atoms with Crippen LogP contribution < -0.4 is 10.6 Å². The Hall–Kier alpha value is -4.39. The van der Waals surface area contributed by atoms with E-state index in [9.17, 15) is 14.7 Å². The average molecular weight is 523 g/mol. The van der Waals surface area contributed by atoms with Crippen LogP contribution in [0.3, 0.4) is 0 Å². The average Bonchev–Trinajstić information content (AvgIpc) is 3.64. The Morgan fingerprint density at radius 3 is 2.38 bits per heavy atom. The number of amides is 2. The van der Waals surface area contributed by atoms with Gasteiger partial charge in [0, 0.05) is 35.3 Å². The van der Waals surface area contributed by atoms with E-state index in [0.717, 1.165) is 55.3 Å². The number of hydrogen-bond donors (Lipinski definition) is 3. The van der Waals surface area contributed by atoms with Crippen LogP contribution in [0.4, 0.5) is 10.5 Å². The Morgan fingerprint density at radius 2 is 1.69 bits per heavy atom. The van der Waals surface area contributed by atoms with E-state index in [1.165, 1.54) is 10.7 Å². The minimum absolute atomic E-state index is 0.0127. The SMILES string of the molecule is CCc1ccc(C(=O)Nc2ccc(-c3cc(C4CCCC4)n(C(=O)NCCc4ccccc4)n3)c(O)c2)cc1. The molecule has 1 aromatic heterocycles. The van der Waals surface area contributed by atoms with Crippen molar-refractivity contribution in [3.05, 3.63) is 101 Å². The molecule has 0 spiro atoms.